The molecule has 1 heterocycles. The Morgan fingerprint density at radius 1 is 1.31 bits per heavy atom. The van der Waals surface area contributed by atoms with Crippen LogP contribution >= 0.6 is 0 Å². The van der Waals surface area contributed by atoms with E-state index in [1.165, 1.54) is 6.08 Å². The summed E-state index contributed by atoms with van der Waals surface area (Å²) in [4.78, 5) is 15.7. The maximum Gasteiger partial charge on any atom is 0.159 e. The fourth-order valence-electron chi connectivity index (χ4n) is 2.03. The highest BCUT2D eigenvalue weighted by Gasteiger charge is 2.30. The van der Waals surface area contributed by atoms with Crippen molar-refractivity contribution in [2.24, 2.45) is 4.99 Å². The Hall–Kier alpha value is -1.68. The van der Waals surface area contributed by atoms with E-state index in [-0.39, 0.29) is 11.9 Å². The zero-order valence-corrected chi connectivity index (χ0v) is 8.59. The molecule has 2 aliphatic carbocycles. The minimum absolute atomic E-state index is 0.0555. The molecule has 0 saturated heterocycles. The topological polar surface area (TPSA) is 58.9 Å². The van der Waals surface area contributed by atoms with Gasteiger partial charge in [0.05, 0.1) is 18.2 Å². The Morgan fingerprint density at radius 3 is 3.06 bits per heavy atom. The second kappa shape index (κ2) is 3.42. The number of aliphatic hydroxyl groups is 1. The van der Waals surface area contributed by atoms with Crippen LogP contribution in [0.5, 0.6) is 0 Å². The molecule has 4 heteroatoms. The summed E-state index contributed by atoms with van der Waals surface area (Å²) < 4.78 is 5.70. The predicted molar refractivity (Wildman–Crippen MR) is 57.9 cm³/mol. The Kier molecular flexibility index (Phi) is 2.04. The van der Waals surface area contributed by atoms with Gasteiger partial charge >= 0.3 is 0 Å². The zero-order valence-electron chi connectivity index (χ0n) is 8.59. The van der Waals surface area contributed by atoms with Crippen molar-refractivity contribution in [1.82, 2.24) is 0 Å². The van der Waals surface area contributed by atoms with E-state index in [9.17, 15) is 9.90 Å². The lowest BCUT2D eigenvalue weighted by atomic mass is 9.98. The molecule has 0 saturated carbocycles. The van der Waals surface area contributed by atoms with Gasteiger partial charge in [0, 0.05) is 6.42 Å². The molecule has 2 atom stereocenters. The van der Waals surface area contributed by atoms with Crippen LogP contribution in [-0.2, 0) is 9.53 Å². The van der Waals surface area contributed by atoms with Crippen LogP contribution in [0.4, 0.5) is 0 Å². The van der Waals surface area contributed by atoms with Gasteiger partial charge in [0.25, 0.3) is 0 Å². The number of carbonyl (C=O) groups is 1. The third-order valence-electron chi connectivity index (χ3n) is 2.85. The Bertz CT molecular complexity index is 471. The van der Waals surface area contributed by atoms with Crippen LogP contribution in [0.15, 0.2) is 40.8 Å². The van der Waals surface area contributed by atoms with Crippen molar-refractivity contribution in [3.05, 3.63) is 35.8 Å². The fraction of sp³-hybridized carbons (Fsp3) is 0.333. The summed E-state index contributed by atoms with van der Waals surface area (Å²) in [6.07, 6.45) is 6.70. The van der Waals surface area contributed by atoms with Crippen molar-refractivity contribution >= 4 is 11.5 Å². The number of allylic oxidation sites excluding steroid dienone is 2. The van der Waals surface area contributed by atoms with Crippen molar-refractivity contribution in [3.63, 3.8) is 0 Å². The van der Waals surface area contributed by atoms with Gasteiger partial charge in [-0.25, -0.2) is 4.99 Å². The van der Waals surface area contributed by atoms with Gasteiger partial charge in [-0.2, -0.15) is 0 Å². The molecule has 0 amide bonds. The number of aliphatic imine (C=N–C) groups is 1. The predicted octanol–water partition coefficient (Wildman–Crippen LogP) is 0.888. The van der Waals surface area contributed by atoms with Crippen LogP contribution in [-0.4, -0.2) is 28.8 Å². The molecule has 0 aromatic carbocycles. The summed E-state index contributed by atoms with van der Waals surface area (Å²) in [7, 11) is 0. The summed E-state index contributed by atoms with van der Waals surface area (Å²) >= 11 is 0. The van der Waals surface area contributed by atoms with Crippen molar-refractivity contribution in [1.29, 1.82) is 0 Å². The van der Waals surface area contributed by atoms with Crippen LogP contribution in [0, 0.1) is 0 Å². The van der Waals surface area contributed by atoms with Crippen LogP contribution < -0.4 is 0 Å². The molecule has 2 unspecified atom stereocenters. The second-order valence-corrected chi connectivity index (χ2v) is 4.09. The second-order valence-electron chi connectivity index (χ2n) is 4.09. The van der Waals surface area contributed by atoms with Crippen molar-refractivity contribution in [2.75, 3.05) is 0 Å². The number of ether oxygens (including phenoxy) is 1. The van der Waals surface area contributed by atoms with Gasteiger partial charge in [0.15, 0.2) is 5.78 Å². The number of fused-ring (bicyclic) bond motifs is 1. The summed E-state index contributed by atoms with van der Waals surface area (Å²) in [5, 5.41) is 9.47. The van der Waals surface area contributed by atoms with Crippen LogP contribution in [0.3, 0.4) is 0 Å². The summed E-state index contributed by atoms with van der Waals surface area (Å²) in [6, 6.07) is 0. The maximum atomic E-state index is 11.2. The monoisotopic (exact) mass is 217 g/mol. The van der Waals surface area contributed by atoms with E-state index in [2.05, 4.69) is 4.99 Å². The first kappa shape index (κ1) is 9.54. The lowest BCUT2D eigenvalue weighted by Crippen LogP contribution is -2.33. The van der Waals surface area contributed by atoms with Crippen LogP contribution in [0.25, 0.3) is 0 Å². The number of aliphatic hydroxyl groups excluding tert-OH is 1. The Labute approximate surface area is 92.6 Å². The number of hydrogen-bond acceptors (Lipinski definition) is 4. The summed E-state index contributed by atoms with van der Waals surface area (Å²) in [5.41, 5.74) is 1.55. The standard InChI is InChI=1S/C12H11NO3/c14-7-1-3-9-11(5-7)16-12-6-8(15)2-4-10(12)13-9/h1-4,7,12,14H,5-6H2. The van der Waals surface area contributed by atoms with Gasteiger partial charge in [0.2, 0.25) is 0 Å². The quantitative estimate of drug-likeness (QED) is 0.655. The molecule has 0 aromatic rings. The third-order valence-corrected chi connectivity index (χ3v) is 2.85. The first-order valence-corrected chi connectivity index (χ1v) is 5.28. The summed E-state index contributed by atoms with van der Waals surface area (Å²) in [6.45, 7) is 0. The lowest BCUT2D eigenvalue weighted by Gasteiger charge is -2.29. The molecule has 16 heavy (non-hydrogen) atoms. The average Bonchev–Trinajstić information content (AvgIpc) is 2.26. The lowest BCUT2D eigenvalue weighted by molar-refractivity contribution is -0.116. The molecule has 0 aromatic heterocycles. The minimum atomic E-state index is -0.509. The highest BCUT2D eigenvalue weighted by molar-refractivity contribution is 6.10. The molecule has 3 aliphatic rings. The molecule has 0 fully saturated rings. The molecular formula is C12H11NO3. The molecule has 3 rings (SSSR count). The molecule has 0 radical (unpaired) electrons. The van der Waals surface area contributed by atoms with Crippen LogP contribution in [0.1, 0.15) is 12.8 Å². The third kappa shape index (κ3) is 1.51. The molecule has 1 N–H and O–H groups in total. The first-order valence-electron chi connectivity index (χ1n) is 5.28. The van der Waals surface area contributed by atoms with Gasteiger partial charge in [-0.05, 0) is 18.2 Å². The van der Waals surface area contributed by atoms with Gasteiger partial charge in [-0.3, -0.25) is 4.79 Å². The Balaban J connectivity index is 1.96. The van der Waals surface area contributed by atoms with E-state index in [0.717, 1.165) is 11.4 Å². The number of ketones is 1. The van der Waals surface area contributed by atoms with E-state index in [1.807, 2.05) is 0 Å². The maximum absolute atomic E-state index is 11.2. The SMILES string of the molecule is O=C1C=CC2=NC3=C(CC(O)C=C3)OC2C1. The van der Waals surface area contributed by atoms with E-state index >= 15 is 0 Å². The number of rotatable bonds is 0. The van der Waals surface area contributed by atoms with E-state index < -0.39 is 6.10 Å². The molecule has 1 aliphatic heterocycles. The minimum Gasteiger partial charge on any atom is -0.486 e. The van der Waals surface area contributed by atoms with Crippen molar-refractivity contribution < 1.29 is 14.6 Å². The average molecular weight is 217 g/mol. The van der Waals surface area contributed by atoms with E-state index in [1.54, 1.807) is 18.2 Å². The van der Waals surface area contributed by atoms with Gasteiger partial charge in [0.1, 0.15) is 17.6 Å². The van der Waals surface area contributed by atoms with Gasteiger partial charge in [-0.15, -0.1) is 0 Å². The first-order chi connectivity index (χ1) is 7.72. The normalized spacial score (nSPS) is 31.8. The summed E-state index contributed by atoms with van der Waals surface area (Å²) in [5.74, 6) is 0.742. The highest BCUT2D eigenvalue weighted by Crippen LogP contribution is 2.29. The molecule has 0 spiro atoms. The number of carbonyl (C=O) groups excluding carboxylic acids is 1. The molecule has 4 nitrogen and oxygen atoms in total. The number of hydrogen-bond donors (Lipinski definition) is 1. The van der Waals surface area contributed by atoms with Gasteiger partial charge in [-0.1, -0.05) is 6.08 Å². The molecule has 0 bridgehead atoms. The molecule has 82 valence electrons. The van der Waals surface area contributed by atoms with E-state index in [0.29, 0.717) is 18.6 Å². The highest BCUT2D eigenvalue weighted by atomic mass is 16.5. The Morgan fingerprint density at radius 2 is 2.19 bits per heavy atom. The molecular weight excluding hydrogens is 206 g/mol. The zero-order chi connectivity index (χ0) is 11.1. The van der Waals surface area contributed by atoms with Crippen LogP contribution in [0.2, 0.25) is 0 Å². The van der Waals surface area contributed by atoms with Gasteiger partial charge < -0.3 is 9.84 Å². The fourth-order valence-corrected chi connectivity index (χ4v) is 2.03. The number of nitrogens with zero attached hydrogens (tertiary/aromatic N) is 1. The van der Waals surface area contributed by atoms with E-state index in [4.69, 9.17) is 4.74 Å². The smallest absolute Gasteiger partial charge is 0.159 e. The van der Waals surface area contributed by atoms with Crippen molar-refractivity contribution in [2.45, 2.75) is 25.0 Å². The van der Waals surface area contributed by atoms with Crippen molar-refractivity contribution in [3.8, 4) is 0 Å². The largest absolute Gasteiger partial charge is 0.486 e.